The van der Waals surface area contributed by atoms with Crippen LogP contribution in [0.1, 0.15) is 36.1 Å². The molecule has 0 radical (unpaired) electrons. The highest BCUT2D eigenvalue weighted by atomic mass is 32.2. The number of carbonyl (C=O) groups is 2. The largest absolute Gasteiger partial charge is 0.354 e. The zero-order valence-corrected chi connectivity index (χ0v) is 26.6. The maximum absolute atomic E-state index is 14.5. The molecule has 4 aromatic rings. The van der Waals surface area contributed by atoms with Crippen LogP contribution in [0, 0.1) is 19.8 Å². The van der Waals surface area contributed by atoms with Gasteiger partial charge in [0.05, 0.1) is 10.6 Å². The molecule has 0 aliphatic heterocycles. The number of nitrogens with zero attached hydrogens (tertiary/aromatic N) is 2. The standard InChI is InChI=1S/C36H41N3O4S/c1-27(2)24-37-36(41)34(23-30-14-8-5-9-15-30)38(25-31-16-10-6-11-17-31)35(40)26-39(33-22-28(3)20-21-29(33)4)44(42,43)32-18-12-7-13-19-32/h5-22,27,34H,23-26H2,1-4H3,(H,37,41)/t34-/m1/s1. The third-order valence-electron chi connectivity index (χ3n) is 7.39. The summed E-state index contributed by atoms with van der Waals surface area (Å²) in [6.45, 7) is 7.84. The Labute approximate surface area is 261 Å². The van der Waals surface area contributed by atoms with Gasteiger partial charge in [-0.05, 0) is 60.2 Å². The summed E-state index contributed by atoms with van der Waals surface area (Å²) in [7, 11) is -4.14. The molecule has 0 saturated heterocycles. The van der Waals surface area contributed by atoms with E-state index in [4.69, 9.17) is 0 Å². The van der Waals surface area contributed by atoms with Gasteiger partial charge in [-0.1, -0.05) is 105 Å². The molecule has 7 nitrogen and oxygen atoms in total. The van der Waals surface area contributed by atoms with Gasteiger partial charge in [0.25, 0.3) is 10.0 Å². The average Bonchev–Trinajstić information content (AvgIpc) is 3.03. The van der Waals surface area contributed by atoms with Crippen molar-refractivity contribution in [3.05, 3.63) is 131 Å². The van der Waals surface area contributed by atoms with Crippen LogP contribution in [0.25, 0.3) is 0 Å². The molecule has 1 atom stereocenters. The Morgan fingerprint density at radius 3 is 1.93 bits per heavy atom. The van der Waals surface area contributed by atoms with Crippen molar-refractivity contribution in [1.82, 2.24) is 10.2 Å². The quantitative estimate of drug-likeness (QED) is 0.204. The van der Waals surface area contributed by atoms with Crippen LogP contribution in [0.2, 0.25) is 0 Å². The number of hydrogen-bond acceptors (Lipinski definition) is 4. The maximum atomic E-state index is 14.5. The molecule has 4 rings (SSSR count). The summed E-state index contributed by atoms with van der Waals surface area (Å²) in [6.07, 6.45) is 0.276. The van der Waals surface area contributed by atoms with E-state index in [1.165, 1.54) is 21.3 Å². The number of benzene rings is 4. The molecule has 0 aliphatic rings. The smallest absolute Gasteiger partial charge is 0.264 e. The lowest BCUT2D eigenvalue weighted by molar-refractivity contribution is -0.140. The Kier molecular flexibility index (Phi) is 11.0. The van der Waals surface area contributed by atoms with E-state index in [1.54, 1.807) is 24.3 Å². The summed E-state index contributed by atoms with van der Waals surface area (Å²) in [6, 6.07) is 31.8. The lowest BCUT2D eigenvalue weighted by atomic mass is 10.0. The number of amides is 2. The first-order valence-corrected chi connectivity index (χ1v) is 16.3. The summed E-state index contributed by atoms with van der Waals surface area (Å²) in [5, 5.41) is 3.02. The zero-order chi connectivity index (χ0) is 31.7. The molecule has 0 saturated carbocycles. The minimum absolute atomic E-state index is 0.0822. The van der Waals surface area contributed by atoms with Crippen molar-refractivity contribution in [2.75, 3.05) is 17.4 Å². The van der Waals surface area contributed by atoms with Crippen molar-refractivity contribution in [3.8, 4) is 0 Å². The zero-order valence-electron chi connectivity index (χ0n) is 25.8. The van der Waals surface area contributed by atoms with E-state index in [2.05, 4.69) is 5.32 Å². The number of aryl methyl sites for hydroxylation is 2. The Balaban J connectivity index is 1.81. The molecule has 1 N–H and O–H groups in total. The number of nitrogens with one attached hydrogen (secondary N) is 1. The van der Waals surface area contributed by atoms with Crippen LogP contribution in [0.4, 0.5) is 5.69 Å². The number of sulfonamides is 1. The summed E-state index contributed by atoms with van der Waals surface area (Å²) in [5.41, 5.74) is 3.73. The van der Waals surface area contributed by atoms with Gasteiger partial charge in [-0.3, -0.25) is 13.9 Å². The molecular formula is C36H41N3O4S. The van der Waals surface area contributed by atoms with Gasteiger partial charge in [0, 0.05) is 19.5 Å². The van der Waals surface area contributed by atoms with Crippen molar-refractivity contribution in [2.24, 2.45) is 5.92 Å². The normalized spacial score (nSPS) is 12.0. The molecule has 0 spiro atoms. The van der Waals surface area contributed by atoms with E-state index in [1.807, 2.05) is 100 Å². The van der Waals surface area contributed by atoms with E-state index in [0.29, 0.717) is 17.8 Å². The fourth-order valence-corrected chi connectivity index (χ4v) is 6.47. The fourth-order valence-electron chi connectivity index (χ4n) is 4.98. The first-order valence-electron chi connectivity index (χ1n) is 14.9. The SMILES string of the molecule is Cc1ccc(C)c(N(CC(=O)N(Cc2ccccc2)[C@H](Cc2ccccc2)C(=O)NCC(C)C)S(=O)(=O)c2ccccc2)c1. The highest BCUT2D eigenvalue weighted by Crippen LogP contribution is 2.28. The summed E-state index contributed by atoms with van der Waals surface area (Å²) in [5.74, 6) is -0.545. The first kappa shape index (κ1) is 32.5. The molecule has 0 aromatic heterocycles. The highest BCUT2D eigenvalue weighted by molar-refractivity contribution is 7.92. The topological polar surface area (TPSA) is 86.8 Å². The lowest BCUT2D eigenvalue weighted by Gasteiger charge is -2.34. The first-order chi connectivity index (χ1) is 21.1. The predicted octanol–water partition coefficient (Wildman–Crippen LogP) is 5.91. The second-order valence-corrected chi connectivity index (χ2v) is 13.3. The van der Waals surface area contributed by atoms with E-state index in [0.717, 1.165) is 16.7 Å². The third kappa shape index (κ3) is 8.35. The van der Waals surface area contributed by atoms with Gasteiger partial charge in [0.15, 0.2) is 0 Å². The Hall–Kier alpha value is -4.43. The summed E-state index contributed by atoms with van der Waals surface area (Å²) < 4.78 is 29.5. The van der Waals surface area contributed by atoms with Crippen LogP contribution in [0.3, 0.4) is 0 Å². The fraction of sp³-hybridized carbons (Fsp3) is 0.278. The second kappa shape index (κ2) is 14.8. The molecule has 0 aliphatic carbocycles. The summed E-state index contributed by atoms with van der Waals surface area (Å²) >= 11 is 0. The molecule has 230 valence electrons. The van der Waals surface area contributed by atoms with Gasteiger partial charge >= 0.3 is 0 Å². The van der Waals surface area contributed by atoms with Crippen molar-refractivity contribution >= 4 is 27.5 Å². The average molecular weight is 612 g/mol. The van der Waals surface area contributed by atoms with Gasteiger partial charge in [-0.15, -0.1) is 0 Å². The second-order valence-electron chi connectivity index (χ2n) is 11.5. The molecule has 0 bridgehead atoms. The van der Waals surface area contributed by atoms with Crippen LogP contribution in [-0.4, -0.2) is 44.3 Å². The molecule has 44 heavy (non-hydrogen) atoms. The van der Waals surface area contributed by atoms with Crippen LogP contribution in [-0.2, 0) is 32.6 Å². The van der Waals surface area contributed by atoms with Gasteiger partial charge in [-0.2, -0.15) is 0 Å². The highest BCUT2D eigenvalue weighted by Gasteiger charge is 2.35. The maximum Gasteiger partial charge on any atom is 0.264 e. The van der Waals surface area contributed by atoms with Gasteiger partial charge in [0.2, 0.25) is 11.8 Å². The van der Waals surface area contributed by atoms with Crippen LogP contribution >= 0.6 is 0 Å². The van der Waals surface area contributed by atoms with Gasteiger partial charge in [0.1, 0.15) is 12.6 Å². The van der Waals surface area contributed by atoms with Crippen LogP contribution < -0.4 is 9.62 Å². The molecule has 0 fully saturated rings. The van der Waals surface area contributed by atoms with Gasteiger partial charge < -0.3 is 10.2 Å². The minimum Gasteiger partial charge on any atom is -0.354 e. The Bertz CT molecular complexity index is 1640. The molecule has 4 aromatic carbocycles. The van der Waals surface area contributed by atoms with Crippen molar-refractivity contribution in [1.29, 1.82) is 0 Å². The number of rotatable bonds is 13. The number of carbonyl (C=O) groups excluding carboxylic acids is 2. The van der Waals surface area contributed by atoms with E-state index in [-0.39, 0.29) is 29.7 Å². The van der Waals surface area contributed by atoms with Crippen molar-refractivity contribution in [2.45, 2.75) is 51.6 Å². The number of anilines is 1. The van der Waals surface area contributed by atoms with Crippen molar-refractivity contribution in [3.63, 3.8) is 0 Å². The summed E-state index contributed by atoms with van der Waals surface area (Å²) in [4.78, 5) is 30.0. The third-order valence-corrected chi connectivity index (χ3v) is 9.17. The monoisotopic (exact) mass is 611 g/mol. The minimum atomic E-state index is -4.14. The van der Waals surface area contributed by atoms with E-state index in [9.17, 15) is 18.0 Å². The lowest BCUT2D eigenvalue weighted by Crippen LogP contribution is -2.53. The Morgan fingerprint density at radius 2 is 1.34 bits per heavy atom. The molecule has 2 amide bonds. The van der Waals surface area contributed by atoms with Crippen LogP contribution in [0.5, 0.6) is 0 Å². The van der Waals surface area contributed by atoms with Gasteiger partial charge in [-0.25, -0.2) is 8.42 Å². The number of hydrogen-bond donors (Lipinski definition) is 1. The molecular weight excluding hydrogens is 570 g/mol. The molecule has 0 heterocycles. The Morgan fingerprint density at radius 1 is 0.773 bits per heavy atom. The van der Waals surface area contributed by atoms with Crippen LogP contribution in [0.15, 0.2) is 114 Å². The predicted molar refractivity (Wildman–Crippen MR) is 176 cm³/mol. The van der Waals surface area contributed by atoms with E-state index < -0.39 is 28.5 Å². The molecule has 8 heteroatoms. The van der Waals surface area contributed by atoms with Crippen molar-refractivity contribution < 1.29 is 18.0 Å². The molecule has 0 unspecified atom stereocenters. The van der Waals surface area contributed by atoms with E-state index >= 15 is 0 Å².